The van der Waals surface area contributed by atoms with Gasteiger partial charge in [0.25, 0.3) is 0 Å². The Balaban J connectivity index is 1.78. The van der Waals surface area contributed by atoms with E-state index in [9.17, 15) is 0 Å². The van der Waals surface area contributed by atoms with Crippen LogP contribution in [0.15, 0.2) is 48.5 Å². The molecule has 0 saturated carbocycles. The van der Waals surface area contributed by atoms with E-state index in [1.165, 1.54) is 48.8 Å². The largest absolute Gasteiger partial charge is 0.494 e. The molecule has 2 heteroatoms. The van der Waals surface area contributed by atoms with Crippen molar-refractivity contribution in [3.05, 3.63) is 65.2 Å². The first-order valence-corrected chi connectivity index (χ1v) is 12.0. The fourth-order valence-electron chi connectivity index (χ4n) is 3.73. The summed E-state index contributed by atoms with van der Waals surface area (Å²) in [5, 5.41) is 3.72. The van der Waals surface area contributed by atoms with Crippen LogP contribution in [0, 0.1) is 0 Å². The number of rotatable bonds is 13. The van der Waals surface area contributed by atoms with Gasteiger partial charge in [0.2, 0.25) is 0 Å². The van der Waals surface area contributed by atoms with Gasteiger partial charge in [0.15, 0.2) is 0 Å². The van der Waals surface area contributed by atoms with Crippen LogP contribution >= 0.6 is 0 Å². The molecule has 1 unspecified atom stereocenters. The van der Waals surface area contributed by atoms with Crippen LogP contribution < -0.4 is 10.1 Å². The molecular weight excluding hydrogens is 366 g/mol. The Morgan fingerprint density at radius 3 is 2.03 bits per heavy atom. The summed E-state index contributed by atoms with van der Waals surface area (Å²) in [6.07, 6.45) is 8.85. The zero-order valence-electron chi connectivity index (χ0n) is 20.0. The molecule has 0 bridgehead atoms. The van der Waals surface area contributed by atoms with Gasteiger partial charge in [-0.25, -0.2) is 0 Å². The molecule has 2 aromatic carbocycles. The topological polar surface area (TPSA) is 21.3 Å². The Labute approximate surface area is 185 Å². The molecule has 166 valence electrons. The van der Waals surface area contributed by atoms with E-state index >= 15 is 0 Å². The number of hydrogen-bond acceptors (Lipinski definition) is 2. The molecule has 0 heterocycles. The molecule has 1 atom stereocenters. The number of nitrogens with one attached hydrogen (secondary N) is 1. The van der Waals surface area contributed by atoms with Crippen LogP contribution in [0.3, 0.4) is 0 Å². The number of ether oxygens (including phenoxy) is 1. The summed E-state index contributed by atoms with van der Waals surface area (Å²) in [4.78, 5) is 0. The van der Waals surface area contributed by atoms with Gasteiger partial charge in [-0.05, 0) is 47.1 Å². The van der Waals surface area contributed by atoms with Crippen molar-refractivity contribution in [2.75, 3.05) is 6.61 Å². The van der Waals surface area contributed by atoms with E-state index in [1.54, 1.807) is 0 Å². The summed E-state index contributed by atoms with van der Waals surface area (Å²) in [5.74, 6) is 0.986. The van der Waals surface area contributed by atoms with Crippen molar-refractivity contribution in [1.29, 1.82) is 0 Å². The quantitative estimate of drug-likeness (QED) is 0.339. The van der Waals surface area contributed by atoms with Crippen LogP contribution in [0.4, 0.5) is 0 Å². The highest BCUT2D eigenvalue weighted by Gasteiger charge is 2.13. The Kier molecular flexibility index (Phi) is 10.4. The average Bonchev–Trinajstić information content (AvgIpc) is 2.74. The summed E-state index contributed by atoms with van der Waals surface area (Å²) in [6, 6.07) is 18.0. The minimum Gasteiger partial charge on any atom is -0.494 e. The van der Waals surface area contributed by atoms with Gasteiger partial charge in [0.05, 0.1) is 6.61 Å². The van der Waals surface area contributed by atoms with Gasteiger partial charge < -0.3 is 10.1 Å². The third-order valence-electron chi connectivity index (χ3n) is 5.83. The van der Waals surface area contributed by atoms with Crippen LogP contribution in [0.25, 0.3) is 0 Å². The predicted molar refractivity (Wildman–Crippen MR) is 130 cm³/mol. The number of benzene rings is 2. The summed E-state index contributed by atoms with van der Waals surface area (Å²) in [6.45, 7) is 13.0. The van der Waals surface area contributed by atoms with Crippen LogP contribution in [0.2, 0.25) is 0 Å². The highest BCUT2D eigenvalue weighted by Crippen LogP contribution is 2.24. The summed E-state index contributed by atoms with van der Waals surface area (Å²) in [7, 11) is 0. The molecule has 0 aliphatic rings. The molecule has 2 rings (SSSR count). The lowest BCUT2D eigenvalue weighted by Gasteiger charge is -2.20. The van der Waals surface area contributed by atoms with Crippen molar-refractivity contribution in [2.45, 2.75) is 97.6 Å². The van der Waals surface area contributed by atoms with E-state index in [0.29, 0.717) is 6.04 Å². The van der Waals surface area contributed by atoms with E-state index in [4.69, 9.17) is 4.74 Å². The van der Waals surface area contributed by atoms with Crippen LogP contribution in [-0.4, -0.2) is 6.61 Å². The van der Waals surface area contributed by atoms with Gasteiger partial charge in [-0.3, -0.25) is 0 Å². The third kappa shape index (κ3) is 8.52. The van der Waals surface area contributed by atoms with Gasteiger partial charge in [0, 0.05) is 12.6 Å². The maximum absolute atomic E-state index is 5.93. The fraction of sp³-hybridized carbons (Fsp3) is 0.571. The molecule has 0 spiro atoms. The van der Waals surface area contributed by atoms with Crippen LogP contribution in [0.1, 0.15) is 102 Å². The standard InChI is InChI=1S/C28H43NO/c1-6-8-9-10-11-12-21-30-26-19-15-24(16-20-26)27(7-2)29-22-23-13-17-25(18-14-23)28(3,4)5/h13-20,27,29H,6-12,21-22H2,1-5H3. The molecule has 30 heavy (non-hydrogen) atoms. The summed E-state index contributed by atoms with van der Waals surface area (Å²) >= 11 is 0. The summed E-state index contributed by atoms with van der Waals surface area (Å²) < 4.78 is 5.93. The third-order valence-corrected chi connectivity index (χ3v) is 5.83. The van der Waals surface area contributed by atoms with E-state index in [1.807, 2.05) is 0 Å². The van der Waals surface area contributed by atoms with E-state index in [2.05, 4.69) is 88.5 Å². The zero-order chi connectivity index (χ0) is 21.8. The van der Waals surface area contributed by atoms with Crippen LogP contribution in [-0.2, 0) is 12.0 Å². The molecule has 2 aromatic rings. The Hall–Kier alpha value is -1.80. The molecule has 0 aliphatic carbocycles. The molecule has 1 N–H and O–H groups in total. The van der Waals surface area contributed by atoms with Gasteiger partial charge in [0.1, 0.15) is 5.75 Å². The average molecular weight is 410 g/mol. The number of unbranched alkanes of at least 4 members (excludes halogenated alkanes) is 5. The van der Waals surface area contributed by atoms with E-state index < -0.39 is 0 Å². The smallest absolute Gasteiger partial charge is 0.119 e. The zero-order valence-corrected chi connectivity index (χ0v) is 20.0. The lowest BCUT2D eigenvalue weighted by molar-refractivity contribution is 0.304. The normalized spacial score (nSPS) is 12.7. The van der Waals surface area contributed by atoms with Crippen molar-refractivity contribution < 1.29 is 4.74 Å². The van der Waals surface area contributed by atoms with Gasteiger partial charge in [-0.15, -0.1) is 0 Å². The minimum atomic E-state index is 0.205. The van der Waals surface area contributed by atoms with Crippen LogP contribution in [0.5, 0.6) is 5.75 Å². The SMILES string of the molecule is CCCCCCCCOc1ccc(C(CC)NCc2ccc(C(C)(C)C)cc2)cc1. The van der Waals surface area contributed by atoms with E-state index in [0.717, 1.165) is 31.7 Å². The summed E-state index contributed by atoms with van der Waals surface area (Å²) in [5.41, 5.74) is 4.25. The van der Waals surface area contributed by atoms with Crippen molar-refractivity contribution in [3.8, 4) is 5.75 Å². The molecular formula is C28H43NO. The second-order valence-electron chi connectivity index (χ2n) is 9.47. The van der Waals surface area contributed by atoms with Crippen molar-refractivity contribution in [1.82, 2.24) is 5.32 Å². The Morgan fingerprint density at radius 2 is 1.43 bits per heavy atom. The highest BCUT2D eigenvalue weighted by molar-refractivity contribution is 5.30. The van der Waals surface area contributed by atoms with E-state index in [-0.39, 0.29) is 5.41 Å². The fourth-order valence-corrected chi connectivity index (χ4v) is 3.73. The Morgan fingerprint density at radius 1 is 0.800 bits per heavy atom. The second kappa shape index (κ2) is 12.8. The Bertz CT molecular complexity index is 697. The first kappa shape index (κ1) is 24.5. The predicted octanol–water partition coefficient (Wildman–Crippen LogP) is 7.96. The molecule has 0 amide bonds. The van der Waals surface area contributed by atoms with Crippen molar-refractivity contribution >= 4 is 0 Å². The van der Waals surface area contributed by atoms with Crippen molar-refractivity contribution in [3.63, 3.8) is 0 Å². The minimum absolute atomic E-state index is 0.205. The maximum atomic E-state index is 5.93. The van der Waals surface area contributed by atoms with Gasteiger partial charge in [-0.1, -0.05) is 103 Å². The monoisotopic (exact) mass is 409 g/mol. The second-order valence-corrected chi connectivity index (χ2v) is 9.47. The molecule has 0 aliphatic heterocycles. The van der Waals surface area contributed by atoms with Gasteiger partial charge in [-0.2, -0.15) is 0 Å². The molecule has 0 fully saturated rings. The lowest BCUT2D eigenvalue weighted by atomic mass is 9.87. The van der Waals surface area contributed by atoms with Gasteiger partial charge >= 0.3 is 0 Å². The first-order valence-electron chi connectivity index (χ1n) is 12.0. The maximum Gasteiger partial charge on any atom is 0.119 e. The highest BCUT2D eigenvalue weighted by atomic mass is 16.5. The first-order chi connectivity index (χ1) is 14.4. The molecule has 0 aromatic heterocycles. The lowest BCUT2D eigenvalue weighted by Crippen LogP contribution is -2.20. The number of hydrogen-bond donors (Lipinski definition) is 1. The molecule has 0 saturated heterocycles. The molecule has 2 nitrogen and oxygen atoms in total. The molecule has 0 radical (unpaired) electrons. The van der Waals surface area contributed by atoms with Crippen molar-refractivity contribution in [2.24, 2.45) is 0 Å².